The second-order valence-corrected chi connectivity index (χ2v) is 5.79. The average Bonchev–Trinajstić information content (AvgIpc) is 3.21. The number of hydrogen-bond acceptors (Lipinski definition) is 5. The van der Waals surface area contributed by atoms with Crippen molar-refractivity contribution in [3.63, 3.8) is 0 Å². The highest BCUT2D eigenvalue weighted by atomic mass is 35.5. The third-order valence-corrected chi connectivity index (χ3v) is 4.25. The molecule has 1 unspecified atom stereocenters. The van der Waals surface area contributed by atoms with E-state index in [1.165, 1.54) is 12.8 Å². The molecule has 0 amide bonds. The van der Waals surface area contributed by atoms with Gasteiger partial charge in [-0.1, -0.05) is 11.6 Å². The molecule has 1 saturated carbocycles. The normalized spacial score (nSPS) is 24.8. The van der Waals surface area contributed by atoms with E-state index in [1.807, 2.05) is 12.1 Å². The van der Waals surface area contributed by atoms with Crippen LogP contribution >= 0.6 is 11.6 Å². The molecule has 6 heteroatoms. The number of nitrogens with zero attached hydrogens (tertiary/aromatic N) is 2. The molecule has 2 N–H and O–H groups in total. The van der Waals surface area contributed by atoms with Crippen LogP contribution in [-0.4, -0.2) is 36.7 Å². The molecule has 106 valence electrons. The van der Waals surface area contributed by atoms with E-state index in [2.05, 4.69) is 9.89 Å². The van der Waals surface area contributed by atoms with Crippen LogP contribution in [0, 0.1) is 0 Å². The van der Waals surface area contributed by atoms with Crippen molar-refractivity contribution in [1.82, 2.24) is 4.90 Å². The maximum absolute atomic E-state index is 6.31. The Bertz CT molecular complexity index is 586. The van der Waals surface area contributed by atoms with Gasteiger partial charge in [0.05, 0.1) is 17.6 Å². The SMILES string of the molecule is NC1=NCC(c2cc(Cl)c3c(c2)OCCO3)N1C1CC1. The minimum Gasteiger partial charge on any atom is -0.486 e. The molecule has 2 aliphatic heterocycles. The van der Waals surface area contributed by atoms with Crippen LogP contribution in [0.4, 0.5) is 0 Å². The molecule has 1 atom stereocenters. The largest absolute Gasteiger partial charge is 0.486 e. The first kappa shape index (κ1) is 12.1. The van der Waals surface area contributed by atoms with Crippen molar-refractivity contribution in [2.75, 3.05) is 19.8 Å². The predicted molar refractivity (Wildman–Crippen MR) is 76.5 cm³/mol. The topological polar surface area (TPSA) is 60.1 Å². The number of benzene rings is 1. The fourth-order valence-electron chi connectivity index (χ4n) is 2.89. The zero-order valence-corrected chi connectivity index (χ0v) is 11.8. The molecule has 20 heavy (non-hydrogen) atoms. The summed E-state index contributed by atoms with van der Waals surface area (Å²) in [7, 11) is 0. The molecular weight excluding hydrogens is 278 g/mol. The van der Waals surface area contributed by atoms with Gasteiger partial charge in [0.15, 0.2) is 17.5 Å². The Balaban J connectivity index is 1.70. The lowest BCUT2D eigenvalue weighted by atomic mass is 10.0. The van der Waals surface area contributed by atoms with Crippen molar-refractivity contribution in [3.8, 4) is 11.5 Å². The zero-order chi connectivity index (χ0) is 13.7. The van der Waals surface area contributed by atoms with Crippen molar-refractivity contribution < 1.29 is 9.47 Å². The molecule has 0 aromatic heterocycles. The van der Waals surface area contributed by atoms with Crippen molar-refractivity contribution in [2.45, 2.75) is 24.9 Å². The van der Waals surface area contributed by atoms with Gasteiger partial charge in [-0.3, -0.25) is 4.99 Å². The first-order valence-electron chi connectivity index (χ1n) is 6.91. The van der Waals surface area contributed by atoms with E-state index in [1.54, 1.807) is 0 Å². The highest BCUT2D eigenvalue weighted by molar-refractivity contribution is 6.32. The Morgan fingerprint density at radius 3 is 2.85 bits per heavy atom. The standard InChI is InChI=1S/C14H16ClN3O2/c15-10-5-8(6-12-13(10)20-4-3-19-12)11-7-17-14(16)18(11)9-1-2-9/h5-6,9,11H,1-4,7H2,(H2,16,17). The molecule has 1 aromatic carbocycles. The Labute approximate surface area is 122 Å². The summed E-state index contributed by atoms with van der Waals surface area (Å²) >= 11 is 6.31. The highest BCUT2D eigenvalue weighted by Gasteiger charge is 2.39. The number of nitrogens with two attached hydrogens (primary N) is 1. The first-order chi connectivity index (χ1) is 9.74. The van der Waals surface area contributed by atoms with E-state index in [0.717, 1.165) is 11.3 Å². The predicted octanol–water partition coefficient (Wildman–Crippen LogP) is 1.94. The Morgan fingerprint density at radius 1 is 1.25 bits per heavy atom. The average molecular weight is 294 g/mol. The van der Waals surface area contributed by atoms with Gasteiger partial charge in [0.25, 0.3) is 0 Å². The summed E-state index contributed by atoms with van der Waals surface area (Å²) in [5.41, 5.74) is 7.10. The smallest absolute Gasteiger partial charge is 0.192 e. The third-order valence-electron chi connectivity index (χ3n) is 3.97. The molecule has 0 radical (unpaired) electrons. The third kappa shape index (κ3) is 1.88. The molecule has 1 fully saturated rings. The monoisotopic (exact) mass is 293 g/mol. The molecule has 0 spiro atoms. The van der Waals surface area contributed by atoms with Crippen molar-refractivity contribution >= 4 is 17.6 Å². The van der Waals surface area contributed by atoms with Gasteiger partial charge >= 0.3 is 0 Å². The number of fused-ring (bicyclic) bond motifs is 1. The maximum Gasteiger partial charge on any atom is 0.192 e. The molecule has 4 rings (SSSR count). The lowest BCUT2D eigenvalue weighted by Gasteiger charge is -2.28. The van der Waals surface area contributed by atoms with Crippen LogP contribution < -0.4 is 15.2 Å². The lowest BCUT2D eigenvalue weighted by molar-refractivity contribution is 0.171. The molecule has 2 heterocycles. The minimum absolute atomic E-state index is 0.163. The first-order valence-corrected chi connectivity index (χ1v) is 7.29. The van der Waals surface area contributed by atoms with Gasteiger partial charge in [0, 0.05) is 6.04 Å². The molecule has 1 aliphatic carbocycles. The van der Waals surface area contributed by atoms with Crippen LogP contribution in [-0.2, 0) is 0 Å². The summed E-state index contributed by atoms with van der Waals surface area (Å²) in [4.78, 5) is 6.59. The number of hydrogen-bond donors (Lipinski definition) is 1. The quantitative estimate of drug-likeness (QED) is 0.905. The molecular formula is C14H16ClN3O2. The summed E-state index contributed by atoms with van der Waals surface area (Å²) in [5.74, 6) is 2.01. The van der Waals surface area contributed by atoms with Crippen LogP contribution in [0.3, 0.4) is 0 Å². The Kier molecular flexibility index (Phi) is 2.70. The number of aliphatic imine (C=N–C) groups is 1. The highest BCUT2D eigenvalue weighted by Crippen LogP contribution is 2.43. The van der Waals surface area contributed by atoms with E-state index in [-0.39, 0.29) is 6.04 Å². The van der Waals surface area contributed by atoms with Gasteiger partial charge < -0.3 is 20.1 Å². The van der Waals surface area contributed by atoms with Gasteiger partial charge in [0.2, 0.25) is 0 Å². The van der Waals surface area contributed by atoms with Crippen LogP contribution in [0.25, 0.3) is 0 Å². The number of halogens is 1. The summed E-state index contributed by atoms with van der Waals surface area (Å²) in [6.07, 6.45) is 2.37. The van der Waals surface area contributed by atoms with Gasteiger partial charge in [-0.15, -0.1) is 0 Å². The van der Waals surface area contributed by atoms with E-state index in [9.17, 15) is 0 Å². The van der Waals surface area contributed by atoms with Crippen LogP contribution in [0.5, 0.6) is 11.5 Å². The number of guanidine groups is 1. The number of rotatable bonds is 2. The molecule has 0 saturated heterocycles. The van der Waals surface area contributed by atoms with Gasteiger partial charge in [-0.05, 0) is 30.5 Å². The van der Waals surface area contributed by atoms with Crippen molar-refractivity contribution in [1.29, 1.82) is 0 Å². The molecule has 0 bridgehead atoms. The minimum atomic E-state index is 0.163. The molecule has 1 aromatic rings. The van der Waals surface area contributed by atoms with Crippen LogP contribution in [0.1, 0.15) is 24.4 Å². The fraction of sp³-hybridized carbons (Fsp3) is 0.500. The van der Waals surface area contributed by atoms with Crippen LogP contribution in [0.2, 0.25) is 5.02 Å². The maximum atomic E-state index is 6.31. The summed E-state index contributed by atoms with van der Waals surface area (Å²) in [5, 5.41) is 0.596. The lowest BCUT2D eigenvalue weighted by Crippen LogP contribution is -2.37. The van der Waals surface area contributed by atoms with E-state index in [0.29, 0.717) is 42.5 Å². The molecule has 5 nitrogen and oxygen atoms in total. The second-order valence-electron chi connectivity index (χ2n) is 5.38. The summed E-state index contributed by atoms with van der Waals surface area (Å²) in [6.45, 7) is 1.78. The van der Waals surface area contributed by atoms with Gasteiger partial charge in [0.1, 0.15) is 13.2 Å². The second kappa shape index (κ2) is 4.45. The number of ether oxygens (including phenoxy) is 2. The van der Waals surface area contributed by atoms with Crippen molar-refractivity contribution in [2.24, 2.45) is 10.7 Å². The molecule has 3 aliphatic rings. The van der Waals surface area contributed by atoms with Gasteiger partial charge in [-0.2, -0.15) is 0 Å². The van der Waals surface area contributed by atoms with E-state index in [4.69, 9.17) is 26.8 Å². The van der Waals surface area contributed by atoms with E-state index >= 15 is 0 Å². The Hall–Kier alpha value is -1.62. The Morgan fingerprint density at radius 2 is 2.05 bits per heavy atom. The summed E-state index contributed by atoms with van der Waals surface area (Å²) in [6, 6.07) is 4.65. The van der Waals surface area contributed by atoms with E-state index < -0.39 is 0 Å². The van der Waals surface area contributed by atoms with Gasteiger partial charge in [-0.25, -0.2) is 0 Å². The van der Waals surface area contributed by atoms with Crippen molar-refractivity contribution in [3.05, 3.63) is 22.7 Å². The van der Waals surface area contributed by atoms with Crippen LogP contribution in [0.15, 0.2) is 17.1 Å². The summed E-state index contributed by atoms with van der Waals surface area (Å²) < 4.78 is 11.2. The zero-order valence-electron chi connectivity index (χ0n) is 11.0. The fourth-order valence-corrected chi connectivity index (χ4v) is 3.17.